The molecule has 2 aromatic carbocycles. The van der Waals surface area contributed by atoms with Gasteiger partial charge in [0.05, 0.1) is 13.7 Å². The lowest BCUT2D eigenvalue weighted by Crippen LogP contribution is -2.58. The van der Waals surface area contributed by atoms with E-state index in [0.29, 0.717) is 6.54 Å². The van der Waals surface area contributed by atoms with E-state index in [0.717, 1.165) is 42.1 Å². The first-order valence-electron chi connectivity index (χ1n) is 11.0. The maximum absolute atomic E-state index is 13.4. The molecular weight excluding hydrogens is 392 g/mol. The first-order valence-corrected chi connectivity index (χ1v) is 11.0. The van der Waals surface area contributed by atoms with Crippen molar-refractivity contribution in [3.8, 4) is 0 Å². The minimum atomic E-state index is -0.611. The fraction of sp³-hybridized carbons (Fsp3) is 0.520. The van der Waals surface area contributed by atoms with Crippen molar-refractivity contribution in [2.24, 2.45) is 0 Å². The van der Waals surface area contributed by atoms with Gasteiger partial charge in [0.2, 0.25) is 0 Å². The van der Waals surface area contributed by atoms with Crippen molar-refractivity contribution < 1.29 is 19.1 Å². The third-order valence-electron chi connectivity index (χ3n) is 5.58. The number of nitrogens with one attached hydrogen (secondary N) is 1. The molecule has 0 spiro atoms. The van der Waals surface area contributed by atoms with Gasteiger partial charge in [-0.1, -0.05) is 48.9 Å². The van der Waals surface area contributed by atoms with Gasteiger partial charge < -0.3 is 14.8 Å². The van der Waals surface area contributed by atoms with Crippen molar-refractivity contribution >= 4 is 22.7 Å². The highest BCUT2D eigenvalue weighted by atomic mass is 16.6. The van der Waals surface area contributed by atoms with Crippen LogP contribution in [0.25, 0.3) is 10.8 Å². The van der Waals surface area contributed by atoms with Crippen LogP contribution in [0, 0.1) is 0 Å². The molecule has 6 heteroatoms. The summed E-state index contributed by atoms with van der Waals surface area (Å²) in [5.74, 6) is -0.680. The quantitative estimate of drug-likeness (QED) is 0.682. The van der Waals surface area contributed by atoms with Crippen LogP contribution in [0.15, 0.2) is 42.5 Å². The van der Waals surface area contributed by atoms with E-state index in [1.165, 1.54) is 7.11 Å². The fourth-order valence-corrected chi connectivity index (χ4v) is 4.21. The van der Waals surface area contributed by atoms with Crippen molar-refractivity contribution in [3.63, 3.8) is 0 Å². The number of methoxy groups -OCH3 is 1. The monoisotopic (exact) mass is 426 g/mol. The summed E-state index contributed by atoms with van der Waals surface area (Å²) in [5.41, 5.74) is 0.451. The lowest BCUT2D eigenvalue weighted by molar-refractivity contribution is -0.164. The minimum absolute atomic E-state index is 0.0157. The van der Waals surface area contributed by atoms with Gasteiger partial charge in [-0.25, -0.2) is 0 Å². The molecule has 1 N–H and O–H groups in total. The number of hydrogen-bond acceptors (Lipinski definition) is 6. The molecule has 168 valence electrons. The Morgan fingerprint density at radius 1 is 1.13 bits per heavy atom. The summed E-state index contributed by atoms with van der Waals surface area (Å²) in [5, 5.41) is 5.72. The van der Waals surface area contributed by atoms with E-state index in [9.17, 15) is 9.59 Å². The molecule has 0 aromatic heterocycles. The van der Waals surface area contributed by atoms with Crippen LogP contribution >= 0.6 is 0 Å². The van der Waals surface area contributed by atoms with Gasteiger partial charge in [0.1, 0.15) is 11.6 Å². The number of hydrogen-bond donors (Lipinski definition) is 1. The van der Waals surface area contributed by atoms with Crippen LogP contribution in [0.1, 0.15) is 45.6 Å². The maximum atomic E-state index is 13.4. The summed E-state index contributed by atoms with van der Waals surface area (Å²) in [4.78, 5) is 27.6. The van der Waals surface area contributed by atoms with Crippen LogP contribution in [0.3, 0.4) is 0 Å². The zero-order chi connectivity index (χ0) is 22.4. The molecule has 0 bridgehead atoms. The van der Waals surface area contributed by atoms with Crippen molar-refractivity contribution in [2.75, 3.05) is 20.2 Å². The number of carbonyl (C=O) groups excluding carboxylic acids is 2. The molecule has 2 atom stereocenters. The van der Waals surface area contributed by atoms with E-state index in [-0.39, 0.29) is 24.5 Å². The van der Waals surface area contributed by atoms with E-state index in [1.54, 1.807) is 0 Å². The highest BCUT2D eigenvalue weighted by Crippen LogP contribution is 2.25. The Kier molecular flexibility index (Phi) is 7.68. The molecule has 1 saturated heterocycles. The molecular formula is C25H34N2O4. The van der Waals surface area contributed by atoms with Gasteiger partial charge in [-0.3, -0.25) is 14.5 Å². The smallest absolute Gasteiger partial charge is 0.325 e. The number of rotatable bonds is 7. The molecule has 1 aliphatic heterocycles. The average molecular weight is 427 g/mol. The van der Waals surface area contributed by atoms with Gasteiger partial charge in [0.15, 0.2) is 0 Å². The van der Waals surface area contributed by atoms with Crippen LogP contribution in [-0.2, 0) is 25.6 Å². The number of fused-ring (bicyclic) bond motifs is 1. The van der Waals surface area contributed by atoms with E-state index < -0.39 is 11.6 Å². The summed E-state index contributed by atoms with van der Waals surface area (Å²) < 4.78 is 10.8. The van der Waals surface area contributed by atoms with Crippen molar-refractivity contribution in [1.82, 2.24) is 10.2 Å². The predicted octanol–water partition coefficient (Wildman–Crippen LogP) is 3.67. The molecule has 0 amide bonds. The van der Waals surface area contributed by atoms with Crippen LogP contribution in [0.4, 0.5) is 0 Å². The first kappa shape index (κ1) is 23.2. The van der Waals surface area contributed by atoms with E-state index in [1.807, 2.05) is 49.9 Å². The summed E-state index contributed by atoms with van der Waals surface area (Å²) in [6.07, 6.45) is 2.98. The summed E-state index contributed by atoms with van der Waals surface area (Å²) >= 11 is 0. The Labute approximate surface area is 184 Å². The highest BCUT2D eigenvalue weighted by Gasteiger charge is 2.38. The van der Waals surface area contributed by atoms with E-state index in [2.05, 4.69) is 23.5 Å². The van der Waals surface area contributed by atoms with Gasteiger partial charge in [0, 0.05) is 12.6 Å². The van der Waals surface area contributed by atoms with Crippen LogP contribution in [0.5, 0.6) is 0 Å². The standard InChI is InChI=1S/C25H34N2O4/c1-25(2,3)31-24(29)23(21-14-7-8-15-26-21)27(17-22(28)30-4)16-19-12-9-11-18-10-5-6-13-20(18)19/h5-6,9-13,21,23,26H,7-8,14-17H2,1-4H3/t21-,23?/m0/s1. The molecule has 0 saturated carbocycles. The van der Waals surface area contributed by atoms with E-state index in [4.69, 9.17) is 9.47 Å². The second kappa shape index (κ2) is 10.2. The van der Waals surface area contributed by atoms with E-state index >= 15 is 0 Å². The number of benzene rings is 2. The van der Waals surface area contributed by atoms with Crippen molar-refractivity contribution in [1.29, 1.82) is 0 Å². The van der Waals surface area contributed by atoms with Crippen molar-refractivity contribution in [2.45, 2.75) is 64.3 Å². The molecule has 0 aliphatic carbocycles. The number of piperidine rings is 1. The van der Waals surface area contributed by atoms with Gasteiger partial charge in [-0.05, 0) is 56.5 Å². The molecule has 1 fully saturated rings. The zero-order valence-corrected chi connectivity index (χ0v) is 19.0. The van der Waals surface area contributed by atoms with Gasteiger partial charge in [0.25, 0.3) is 0 Å². The number of nitrogens with zero attached hydrogens (tertiary/aromatic N) is 1. The lowest BCUT2D eigenvalue weighted by atomic mass is 9.95. The van der Waals surface area contributed by atoms with Crippen LogP contribution < -0.4 is 5.32 Å². The first-order chi connectivity index (χ1) is 14.8. The largest absolute Gasteiger partial charge is 0.468 e. The van der Waals surface area contributed by atoms with Gasteiger partial charge >= 0.3 is 11.9 Å². The molecule has 2 aromatic rings. The molecule has 0 radical (unpaired) electrons. The van der Waals surface area contributed by atoms with Crippen LogP contribution in [0.2, 0.25) is 0 Å². The average Bonchev–Trinajstić information content (AvgIpc) is 2.73. The molecule has 3 rings (SSSR count). The number of esters is 2. The zero-order valence-electron chi connectivity index (χ0n) is 19.0. The van der Waals surface area contributed by atoms with Gasteiger partial charge in [-0.15, -0.1) is 0 Å². The Balaban J connectivity index is 1.98. The molecule has 31 heavy (non-hydrogen) atoms. The molecule has 1 unspecified atom stereocenters. The fourth-order valence-electron chi connectivity index (χ4n) is 4.21. The maximum Gasteiger partial charge on any atom is 0.325 e. The summed E-state index contributed by atoms with van der Waals surface area (Å²) in [7, 11) is 1.37. The predicted molar refractivity (Wildman–Crippen MR) is 122 cm³/mol. The Bertz CT molecular complexity index is 895. The molecule has 1 aliphatic rings. The second-order valence-corrected chi connectivity index (χ2v) is 9.15. The van der Waals surface area contributed by atoms with Crippen molar-refractivity contribution in [3.05, 3.63) is 48.0 Å². The third kappa shape index (κ3) is 6.28. The molecule has 6 nitrogen and oxygen atoms in total. The summed E-state index contributed by atoms with van der Waals surface area (Å²) in [6.45, 7) is 6.91. The minimum Gasteiger partial charge on any atom is -0.468 e. The SMILES string of the molecule is COC(=O)CN(Cc1cccc2ccccc12)C(C(=O)OC(C)(C)C)[C@@H]1CCCCN1. The van der Waals surface area contributed by atoms with Gasteiger partial charge in [-0.2, -0.15) is 0 Å². The normalized spacial score (nSPS) is 18.0. The van der Waals surface area contributed by atoms with Crippen LogP contribution in [-0.4, -0.2) is 54.7 Å². The Morgan fingerprint density at radius 2 is 1.87 bits per heavy atom. The Morgan fingerprint density at radius 3 is 2.55 bits per heavy atom. The third-order valence-corrected chi connectivity index (χ3v) is 5.58. The Hall–Kier alpha value is -2.44. The summed E-state index contributed by atoms with van der Waals surface area (Å²) in [6, 6.07) is 13.6. The number of carbonyl (C=O) groups is 2. The molecule has 1 heterocycles. The number of ether oxygens (including phenoxy) is 2. The second-order valence-electron chi connectivity index (χ2n) is 9.15. The highest BCUT2D eigenvalue weighted by molar-refractivity contribution is 5.86. The topological polar surface area (TPSA) is 67.9 Å². The lowest BCUT2D eigenvalue weighted by Gasteiger charge is -2.38.